The monoisotopic (exact) mass is 248 g/mol. The Hall–Kier alpha value is -0.860. The Morgan fingerprint density at radius 3 is 2.17 bits per heavy atom. The van der Waals surface area contributed by atoms with Crippen molar-refractivity contribution in [1.82, 2.24) is 10.2 Å². The molecule has 0 aliphatic carbocycles. The van der Waals surface area contributed by atoms with Crippen molar-refractivity contribution in [2.75, 3.05) is 19.6 Å². The quantitative estimate of drug-likeness (QED) is 0.758. The third kappa shape index (κ3) is 4.43. The van der Waals surface area contributed by atoms with Crippen LogP contribution in [0.5, 0.6) is 0 Å². The Bertz CT molecular complexity index is 306. The van der Waals surface area contributed by atoms with Crippen LogP contribution in [0, 0.1) is 0 Å². The minimum absolute atomic E-state index is 0.482. The van der Waals surface area contributed by atoms with E-state index in [1.807, 2.05) is 0 Å². The number of hydrogen-bond donors (Lipinski definition) is 1. The highest BCUT2D eigenvalue weighted by Crippen LogP contribution is 2.19. The molecule has 1 aromatic carbocycles. The van der Waals surface area contributed by atoms with E-state index in [4.69, 9.17) is 0 Å². The summed E-state index contributed by atoms with van der Waals surface area (Å²) in [5, 5.41) is 3.64. The zero-order valence-electron chi connectivity index (χ0n) is 12.3. The van der Waals surface area contributed by atoms with E-state index >= 15 is 0 Å². The van der Waals surface area contributed by atoms with Crippen molar-refractivity contribution in [3.63, 3.8) is 0 Å². The van der Waals surface area contributed by atoms with Crippen molar-refractivity contribution in [1.29, 1.82) is 0 Å². The van der Waals surface area contributed by atoms with Gasteiger partial charge in [0.25, 0.3) is 0 Å². The highest BCUT2D eigenvalue weighted by atomic mass is 15.2. The second-order valence-electron chi connectivity index (χ2n) is 4.87. The van der Waals surface area contributed by atoms with E-state index in [-0.39, 0.29) is 0 Å². The van der Waals surface area contributed by atoms with Crippen molar-refractivity contribution in [3.05, 3.63) is 35.9 Å². The molecule has 0 amide bonds. The Morgan fingerprint density at radius 2 is 1.67 bits per heavy atom. The summed E-state index contributed by atoms with van der Waals surface area (Å²) in [6.07, 6.45) is 1.18. The SMILES string of the molecule is CCC(C)NCC(c1ccccc1)N(CC)CC. The lowest BCUT2D eigenvalue weighted by atomic mass is 10.0. The normalized spacial score (nSPS) is 14.7. The Balaban J connectivity index is 2.75. The predicted molar refractivity (Wildman–Crippen MR) is 79.9 cm³/mol. The summed E-state index contributed by atoms with van der Waals surface area (Å²) >= 11 is 0. The lowest BCUT2D eigenvalue weighted by molar-refractivity contribution is 0.209. The van der Waals surface area contributed by atoms with E-state index in [1.54, 1.807) is 0 Å². The first kappa shape index (κ1) is 15.2. The predicted octanol–water partition coefficient (Wildman–Crippen LogP) is 3.46. The minimum Gasteiger partial charge on any atom is -0.312 e. The van der Waals surface area contributed by atoms with Crippen molar-refractivity contribution in [2.45, 2.75) is 46.2 Å². The van der Waals surface area contributed by atoms with Gasteiger partial charge in [-0.15, -0.1) is 0 Å². The maximum Gasteiger partial charge on any atom is 0.0472 e. The standard InChI is InChI=1S/C16H28N2/c1-5-14(4)17-13-16(18(6-2)7-3)15-11-9-8-10-12-15/h8-12,14,16-17H,5-7,13H2,1-4H3. The smallest absolute Gasteiger partial charge is 0.0472 e. The Labute approximate surface area is 112 Å². The average Bonchev–Trinajstić information content (AvgIpc) is 2.44. The van der Waals surface area contributed by atoms with Gasteiger partial charge in [0.1, 0.15) is 0 Å². The lowest BCUT2D eigenvalue weighted by Gasteiger charge is -2.31. The molecule has 1 aromatic rings. The second-order valence-corrected chi connectivity index (χ2v) is 4.87. The van der Waals surface area contributed by atoms with Gasteiger partial charge >= 0.3 is 0 Å². The third-order valence-electron chi connectivity index (χ3n) is 3.71. The number of nitrogens with zero attached hydrogens (tertiary/aromatic N) is 1. The van der Waals surface area contributed by atoms with Gasteiger partial charge in [-0.1, -0.05) is 51.1 Å². The summed E-state index contributed by atoms with van der Waals surface area (Å²) in [5.74, 6) is 0. The van der Waals surface area contributed by atoms with Crippen LogP contribution in [0.4, 0.5) is 0 Å². The molecule has 2 heteroatoms. The molecule has 0 heterocycles. The number of likely N-dealkylation sites (N-methyl/N-ethyl adjacent to an activating group) is 1. The molecule has 0 saturated heterocycles. The Kier molecular flexibility index (Phi) is 6.99. The van der Waals surface area contributed by atoms with Crippen LogP contribution in [0.15, 0.2) is 30.3 Å². The zero-order chi connectivity index (χ0) is 13.4. The Morgan fingerprint density at radius 1 is 1.06 bits per heavy atom. The number of benzene rings is 1. The van der Waals surface area contributed by atoms with Crippen LogP contribution in [-0.4, -0.2) is 30.6 Å². The van der Waals surface area contributed by atoms with E-state index < -0.39 is 0 Å². The molecule has 2 unspecified atom stereocenters. The van der Waals surface area contributed by atoms with Gasteiger partial charge in [-0.25, -0.2) is 0 Å². The molecule has 1 N–H and O–H groups in total. The summed E-state index contributed by atoms with van der Waals surface area (Å²) in [6.45, 7) is 12.2. The van der Waals surface area contributed by atoms with Gasteiger partial charge in [0, 0.05) is 18.6 Å². The zero-order valence-corrected chi connectivity index (χ0v) is 12.3. The van der Waals surface area contributed by atoms with Crippen molar-refractivity contribution in [3.8, 4) is 0 Å². The number of rotatable bonds is 8. The van der Waals surface area contributed by atoms with E-state index in [2.05, 4.69) is 68.2 Å². The van der Waals surface area contributed by atoms with E-state index in [1.165, 1.54) is 12.0 Å². The molecule has 18 heavy (non-hydrogen) atoms. The molecule has 0 aliphatic heterocycles. The number of nitrogens with one attached hydrogen (secondary N) is 1. The summed E-state index contributed by atoms with van der Waals surface area (Å²) in [7, 11) is 0. The molecule has 0 fully saturated rings. The van der Waals surface area contributed by atoms with Gasteiger partial charge in [-0.05, 0) is 32.0 Å². The summed E-state index contributed by atoms with van der Waals surface area (Å²) in [6, 6.07) is 11.9. The average molecular weight is 248 g/mol. The lowest BCUT2D eigenvalue weighted by Crippen LogP contribution is -2.38. The number of hydrogen-bond acceptors (Lipinski definition) is 2. The first-order chi connectivity index (χ1) is 8.72. The molecule has 0 saturated carbocycles. The van der Waals surface area contributed by atoms with E-state index in [0.717, 1.165) is 19.6 Å². The topological polar surface area (TPSA) is 15.3 Å². The van der Waals surface area contributed by atoms with E-state index in [9.17, 15) is 0 Å². The molecule has 0 bridgehead atoms. The van der Waals surface area contributed by atoms with Gasteiger partial charge in [-0.2, -0.15) is 0 Å². The van der Waals surface area contributed by atoms with Crippen molar-refractivity contribution < 1.29 is 0 Å². The molecule has 0 spiro atoms. The highest BCUT2D eigenvalue weighted by Gasteiger charge is 2.17. The molecular formula is C16H28N2. The van der Waals surface area contributed by atoms with Crippen LogP contribution >= 0.6 is 0 Å². The summed E-state index contributed by atoms with van der Waals surface area (Å²) < 4.78 is 0. The van der Waals surface area contributed by atoms with Crippen LogP contribution in [0.25, 0.3) is 0 Å². The maximum atomic E-state index is 3.64. The minimum atomic E-state index is 0.482. The second kappa shape index (κ2) is 8.28. The van der Waals surface area contributed by atoms with Crippen LogP contribution in [-0.2, 0) is 0 Å². The van der Waals surface area contributed by atoms with Gasteiger partial charge < -0.3 is 5.32 Å². The molecule has 0 aliphatic rings. The molecule has 1 rings (SSSR count). The van der Waals surface area contributed by atoms with E-state index in [0.29, 0.717) is 12.1 Å². The fraction of sp³-hybridized carbons (Fsp3) is 0.625. The molecule has 2 nitrogen and oxygen atoms in total. The van der Waals surface area contributed by atoms with Gasteiger partial charge in [0.05, 0.1) is 0 Å². The fourth-order valence-electron chi connectivity index (χ4n) is 2.25. The fourth-order valence-corrected chi connectivity index (χ4v) is 2.25. The van der Waals surface area contributed by atoms with Gasteiger partial charge in [0.2, 0.25) is 0 Å². The molecule has 2 atom stereocenters. The molecular weight excluding hydrogens is 220 g/mol. The largest absolute Gasteiger partial charge is 0.312 e. The van der Waals surface area contributed by atoms with Crippen molar-refractivity contribution in [2.24, 2.45) is 0 Å². The molecule has 102 valence electrons. The van der Waals surface area contributed by atoms with Crippen LogP contribution in [0.2, 0.25) is 0 Å². The third-order valence-corrected chi connectivity index (χ3v) is 3.71. The summed E-state index contributed by atoms with van der Waals surface area (Å²) in [5.41, 5.74) is 1.41. The van der Waals surface area contributed by atoms with Crippen LogP contribution in [0.3, 0.4) is 0 Å². The first-order valence-electron chi connectivity index (χ1n) is 7.25. The van der Waals surface area contributed by atoms with Crippen molar-refractivity contribution >= 4 is 0 Å². The first-order valence-corrected chi connectivity index (χ1v) is 7.25. The maximum absolute atomic E-state index is 3.64. The molecule has 0 radical (unpaired) electrons. The molecule has 0 aromatic heterocycles. The van der Waals surface area contributed by atoms with Gasteiger partial charge in [-0.3, -0.25) is 4.90 Å². The van der Waals surface area contributed by atoms with Gasteiger partial charge in [0.15, 0.2) is 0 Å². The summed E-state index contributed by atoms with van der Waals surface area (Å²) in [4.78, 5) is 2.52. The van der Waals surface area contributed by atoms with Crippen LogP contribution < -0.4 is 5.32 Å². The van der Waals surface area contributed by atoms with Crippen LogP contribution in [0.1, 0.15) is 45.7 Å². The highest BCUT2D eigenvalue weighted by molar-refractivity contribution is 5.19.